The van der Waals surface area contributed by atoms with Crippen molar-refractivity contribution in [2.45, 2.75) is 103 Å². The normalized spacial score (nSPS) is 38.0. The summed E-state index contributed by atoms with van der Waals surface area (Å²) in [5.41, 5.74) is -0.587. The van der Waals surface area contributed by atoms with Gasteiger partial charge in [-0.1, -0.05) is 13.8 Å². The highest BCUT2D eigenvalue weighted by atomic mass is 16.7. The molecule has 5 rings (SSSR count). The topological polar surface area (TPSA) is 77.1 Å². The number of ether oxygens (including phenoxy) is 1. The maximum atomic E-state index is 13.1. The Morgan fingerprint density at radius 1 is 1.23 bits per heavy atom. The molecule has 0 aromatic carbocycles. The van der Waals surface area contributed by atoms with Crippen molar-refractivity contribution in [2.75, 3.05) is 6.54 Å². The van der Waals surface area contributed by atoms with E-state index in [4.69, 9.17) is 14.0 Å². The van der Waals surface area contributed by atoms with Gasteiger partial charge in [0.25, 0.3) is 0 Å². The van der Waals surface area contributed by atoms with Crippen molar-refractivity contribution >= 4 is 19.1 Å². The molecule has 8 heteroatoms. The molecular weight excluding hydrogens is 383 g/mol. The van der Waals surface area contributed by atoms with Crippen molar-refractivity contribution in [2.24, 2.45) is 17.3 Å². The van der Waals surface area contributed by atoms with Gasteiger partial charge in [-0.25, -0.2) is 4.79 Å². The first-order valence-electron chi connectivity index (χ1n) is 11.5. The van der Waals surface area contributed by atoms with E-state index in [1.54, 1.807) is 27.7 Å². The Morgan fingerprint density at radius 2 is 1.93 bits per heavy atom. The second kappa shape index (κ2) is 7.12. The molecule has 0 spiro atoms. The summed E-state index contributed by atoms with van der Waals surface area (Å²) < 4.78 is 18.3. The molecule has 7 nitrogen and oxygen atoms in total. The van der Waals surface area contributed by atoms with E-state index < -0.39 is 24.9 Å². The van der Waals surface area contributed by atoms with Crippen molar-refractivity contribution in [1.29, 1.82) is 0 Å². The van der Waals surface area contributed by atoms with Gasteiger partial charge in [0, 0.05) is 6.54 Å². The molecule has 0 aromatic rings. The number of amides is 2. The molecule has 30 heavy (non-hydrogen) atoms. The number of nitrogens with one attached hydrogen (secondary N) is 1. The van der Waals surface area contributed by atoms with Crippen LogP contribution in [0.15, 0.2) is 0 Å². The molecule has 2 saturated heterocycles. The predicted octanol–water partition coefficient (Wildman–Crippen LogP) is 3.16. The predicted molar refractivity (Wildman–Crippen MR) is 114 cm³/mol. The number of nitrogens with zero attached hydrogens (tertiary/aromatic N) is 1. The van der Waals surface area contributed by atoms with Crippen LogP contribution in [0.5, 0.6) is 0 Å². The Bertz CT molecular complexity index is 723. The van der Waals surface area contributed by atoms with Crippen LogP contribution >= 0.6 is 0 Å². The molecule has 0 unspecified atom stereocenters. The van der Waals surface area contributed by atoms with Crippen LogP contribution in [0.2, 0.25) is 0 Å². The van der Waals surface area contributed by atoms with E-state index in [0.29, 0.717) is 23.8 Å². The van der Waals surface area contributed by atoms with Gasteiger partial charge in [-0.15, -0.1) is 0 Å². The minimum absolute atomic E-state index is 0.106. The van der Waals surface area contributed by atoms with Crippen molar-refractivity contribution in [3.05, 3.63) is 0 Å². The maximum absolute atomic E-state index is 13.1. The number of likely N-dealkylation sites (tertiary alicyclic amines) is 1. The highest BCUT2D eigenvalue weighted by molar-refractivity contribution is 6.48. The van der Waals surface area contributed by atoms with Crippen LogP contribution in [-0.2, 0) is 18.8 Å². The van der Waals surface area contributed by atoms with Crippen molar-refractivity contribution in [1.82, 2.24) is 10.2 Å². The van der Waals surface area contributed by atoms with Gasteiger partial charge in [0.05, 0.1) is 17.6 Å². The van der Waals surface area contributed by atoms with Crippen LogP contribution in [0.25, 0.3) is 0 Å². The molecule has 2 bridgehead atoms. The highest BCUT2D eigenvalue weighted by Crippen LogP contribution is 2.65. The lowest BCUT2D eigenvalue weighted by Gasteiger charge is -2.64. The van der Waals surface area contributed by atoms with E-state index in [1.165, 1.54) is 6.42 Å². The summed E-state index contributed by atoms with van der Waals surface area (Å²) in [6, 6.07) is -0.661. The fourth-order valence-corrected chi connectivity index (χ4v) is 6.21. The zero-order valence-corrected chi connectivity index (χ0v) is 19.5. The average molecular weight is 420 g/mol. The van der Waals surface area contributed by atoms with E-state index in [0.717, 1.165) is 19.3 Å². The third kappa shape index (κ3) is 3.54. The van der Waals surface area contributed by atoms with Gasteiger partial charge in [0.2, 0.25) is 5.91 Å². The minimum Gasteiger partial charge on any atom is -0.444 e. The number of hydrogen-bond acceptors (Lipinski definition) is 5. The van der Waals surface area contributed by atoms with Gasteiger partial charge >= 0.3 is 13.2 Å². The first-order chi connectivity index (χ1) is 13.8. The lowest BCUT2D eigenvalue weighted by Crippen LogP contribution is -2.65. The van der Waals surface area contributed by atoms with Gasteiger partial charge < -0.3 is 24.3 Å². The number of carbonyl (C=O) groups is 2. The van der Waals surface area contributed by atoms with Crippen molar-refractivity contribution < 1.29 is 23.6 Å². The third-order valence-electron chi connectivity index (χ3n) is 7.97. The summed E-state index contributed by atoms with van der Waals surface area (Å²) in [6.45, 7) is 14.7. The molecule has 0 radical (unpaired) electrons. The van der Waals surface area contributed by atoms with Crippen molar-refractivity contribution in [3.63, 3.8) is 0 Å². The van der Waals surface area contributed by atoms with Crippen LogP contribution in [0.4, 0.5) is 4.79 Å². The first-order valence-corrected chi connectivity index (χ1v) is 11.5. The number of hydrogen-bond donors (Lipinski definition) is 1. The zero-order valence-electron chi connectivity index (χ0n) is 19.5. The quantitative estimate of drug-likeness (QED) is 0.710. The fraction of sp³-hybridized carbons (Fsp3) is 0.909. The Labute approximate surface area is 180 Å². The maximum Gasteiger partial charge on any atom is 0.481 e. The van der Waals surface area contributed by atoms with Gasteiger partial charge in [0.15, 0.2) is 0 Å². The molecule has 1 N–H and O–H groups in total. The van der Waals surface area contributed by atoms with Gasteiger partial charge in [-0.2, -0.15) is 0 Å². The van der Waals surface area contributed by atoms with Gasteiger partial charge in [-0.05, 0) is 77.6 Å². The molecule has 5 aliphatic rings. The van der Waals surface area contributed by atoms with Gasteiger partial charge in [-0.3, -0.25) is 4.79 Å². The van der Waals surface area contributed by atoms with E-state index in [9.17, 15) is 9.59 Å². The van der Waals surface area contributed by atoms with Crippen LogP contribution in [0.1, 0.15) is 74.1 Å². The van der Waals surface area contributed by atoms with E-state index in [2.05, 4.69) is 26.1 Å². The molecule has 2 aliphatic heterocycles. The SMILES string of the molecule is C[C@H](NC(=O)OC(C)(C)C)C(=O)N1CCC[C@H]1B1O[C@@H]2C[C@@H]3C[C@@H](C3(C)C)[C@]2(C)O1. The Balaban J connectivity index is 1.41. The summed E-state index contributed by atoms with van der Waals surface area (Å²) >= 11 is 0. The van der Waals surface area contributed by atoms with E-state index in [-0.39, 0.29) is 23.6 Å². The average Bonchev–Trinajstić information content (AvgIpc) is 3.21. The molecule has 6 atom stereocenters. The van der Waals surface area contributed by atoms with Crippen LogP contribution in [0.3, 0.4) is 0 Å². The minimum atomic E-state index is -0.661. The summed E-state index contributed by atoms with van der Waals surface area (Å²) in [7, 11) is -0.393. The second-order valence-corrected chi connectivity index (χ2v) is 11.4. The zero-order chi connectivity index (χ0) is 22.1. The molecule has 3 aliphatic carbocycles. The van der Waals surface area contributed by atoms with E-state index in [1.807, 2.05) is 4.90 Å². The lowest BCUT2D eigenvalue weighted by molar-refractivity contribution is -0.199. The standard InChI is InChI=1S/C22H37BN2O5/c1-13(24-19(27)28-20(2,3)4)18(26)25-10-8-9-17(25)23-29-16-12-14-11-15(21(14,5)6)22(16,7)30-23/h13-17H,8-12H2,1-7H3,(H,24,27)/t13-,14-,15-,16+,17-,22-/m0/s1. The molecule has 3 saturated carbocycles. The molecule has 0 aromatic heterocycles. The molecule has 2 amide bonds. The summed E-state index contributed by atoms with van der Waals surface area (Å²) in [5.74, 6) is 0.975. The largest absolute Gasteiger partial charge is 0.481 e. The summed E-state index contributed by atoms with van der Waals surface area (Å²) in [4.78, 5) is 27.1. The monoisotopic (exact) mass is 420 g/mol. The van der Waals surface area contributed by atoms with Crippen LogP contribution < -0.4 is 5.32 Å². The first kappa shape index (κ1) is 21.9. The summed E-state index contributed by atoms with van der Waals surface area (Å²) in [6.07, 6.45) is 3.55. The number of alkyl carbamates (subject to hydrolysis) is 1. The molecule has 168 valence electrons. The second-order valence-electron chi connectivity index (χ2n) is 11.4. The Hall–Kier alpha value is -1.28. The number of rotatable bonds is 3. The molecule has 5 fully saturated rings. The Kier molecular flexibility index (Phi) is 5.21. The Morgan fingerprint density at radius 3 is 2.57 bits per heavy atom. The summed E-state index contributed by atoms with van der Waals surface area (Å²) in [5, 5.41) is 2.67. The highest BCUT2D eigenvalue weighted by Gasteiger charge is 2.69. The fourth-order valence-electron chi connectivity index (χ4n) is 6.21. The van der Waals surface area contributed by atoms with Crippen molar-refractivity contribution in [3.8, 4) is 0 Å². The van der Waals surface area contributed by atoms with Crippen LogP contribution in [0, 0.1) is 17.3 Å². The van der Waals surface area contributed by atoms with Crippen LogP contribution in [-0.4, -0.2) is 59.9 Å². The molecular formula is C22H37BN2O5. The smallest absolute Gasteiger partial charge is 0.444 e. The van der Waals surface area contributed by atoms with Gasteiger partial charge in [0.1, 0.15) is 11.6 Å². The number of carbonyl (C=O) groups excluding carboxylic acids is 2. The molecule has 2 heterocycles. The lowest BCUT2D eigenvalue weighted by atomic mass is 9.43. The van der Waals surface area contributed by atoms with E-state index >= 15 is 0 Å². The third-order valence-corrected chi connectivity index (χ3v) is 7.97.